The lowest BCUT2D eigenvalue weighted by atomic mass is 9.78. The third-order valence-corrected chi connectivity index (χ3v) is 5.71. The molecule has 144 valence electrons. The Morgan fingerprint density at radius 2 is 1.54 bits per heavy atom. The van der Waals surface area contributed by atoms with Crippen LogP contribution >= 0.6 is 0 Å². The summed E-state index contributed by atoms with van der Waals surface area (Å²) in [7, 11) is 0. The fourth-order valence-corrected chi connectivity index (χ4v) is 4.36. The molecule has 1 amide bonds. The van der Waals surface area contributed by atoms with Crippen LogP contribution in [0.3, 0.4) is 0 Å². The first-order chi connectivity index (χ1) is 13.6. The summed E-state index contributed by atoms with van der Waals surface area (Å²) in [5.74, 6) is 0.945. The molecule has 28 heavy (non-hydrogen) atoms. The minimum atomic E-state index is -0.435. The molecule has 0 atom stereocenters. The van der Waals surface area contributed by atoms with E-state index < -0.39 is 5.41 Å². The molecule has 3 heteroatoms. The number of amides is 1. The molecule has 0 spiro atoms. The van der Waals surface area contributed by atoms with E-state index in [1.807, 2.05) is 68.4 Å². The van der Waals surface area contributed by atoms with Gasteiger partial charge in [-0.2, -0.15) is 0 Å². The molecule has 1 aliphatic rings. The van der Waals surface area contributed by atoms with E-state index >= 15 is 0 Å². The number of carbonyl (C=O) groups excluding carboxylic acids is 1. The summed E-state index contributed by atoms with van der Waals surface area (Å²) >= 11 is 0. The third-order valence-electron chi connectivity index (χ3n) is 5.71. The van der Waals surface area contributed by atoms with Gasteiger partial charge in [-0.15, -0.1) is 0 Å². The number of rotatable bonds is 5. The molecule has 1 aliphatic carbocycles. The molecule has 3 aromatic carbocycles. The zero-order valence-corrected chi connectivity index (χ0v) is 16.6. The summed E-state index contributed by atoms with van der Waals surface area (Å²) in [6.45, 7) is 4.04. The Kier molecular flexibility index (Phi) is 5.08. The molecule has 0 aliphatic heterocycles. The molecule has 1 fully saturated rings. The monoisotopic (exact) mass is 373 g/mol. The third kappa shape index (κ3) is 3.37. The maximum atomic E-state index is 13.5. The Balaban J connectivity index is 1.71. The van der Waals surface area contributed by atoms with Gasteiger partial charge in [0.25, 0.3) is 0 Å². The van der Waals surface area contributed by atoms with E-state index in [0.29, 0.717) is 0 Å². The van der Waals surface area contributed by atoms with E-state index in [-0.39, 0.29) is 12.0 Å². The highest BCUT2D eigenvalue weighted by Crippen LogP contribution is 2.42. The lowest BCUT2D eigenvalue weighted by molar-refractivity contribution is -0.121. The maximum Gasteiger partial charge on any atom is 0.235 e. The van der Waals surface area contributed by atoms with Crippen molar-refractivity contribution in [2.75, 3.05) is 5.32 Å². The highest BCUT2D eigenvalue weighted by Gasteiger charge is 2.42. The van der Waals surface area contributed by atoms with Crippen molar-refractivity contribution in [1.82, 2.24) is 0 Å². The second-order valence-electron chi connectivity index (χ2n) is 7.93. The van der Waals surface area contributed by atoms with Crippen molar-refractivity contribution in [1.29, 1.82) is 0 Å². The van der Waals surface area contributed by atoms with Crippen LogP contribution in [-0.2, 0) is 10.2 Å². The molecule has 0 radical (unpaired) electrons. The van der Waals surface area contributed by atoms with Gasteiger partial charge in [0.15, 0.2) is 0 Å². The largest absolute Gasteiger partial charge is 0.490 e. The zero-order valence-electron chi connectivity index (χ0n) is 16.6. The van der Waals surface area contributed by atoms with Crippen molar-refractivity contribution < 1.29 is 9.53 Å². The van der Waals surface area contributed by atoms with Crippen LogP contribution in [0.4, 0.5) is 5.69 Å². The van der Waals surface area contributed by atoms with Crippen molar-refractivity contribution in [3.8, 4) is 5.75 Å². The van der Waals surface area contributed by atoms with Crippen LogP contribution < -0.4 is 10.1 Å². The summed E-state index contributed by atoms with van der Waals surface area (Å²) in [5, 5.41) is 5.28. The predicted molar refractivity (Wildman–Crippen MR) is 115 cm³/mol. The van der Waals surface area contributed by atoms with Crippen molar-refractivity contribution in [2.24, 2.45) is 0 Å². The molecule has 3 aromatic rings. The molecule has 0 heterocycles. The first-order valence-electron chi connectivity index (χ1n) is 10.2. The second kappa shape index (κ2) is 7.67. The highest BCUT2D eigenvalue weighted by atomic mass is 16.5. The smallest absolute Gasteiger partial charge is 0.235 e. The first-order valence-corrected chi connectivity index (χ1v) is 10.2. The molecule has 1 saturated carbocycles. The minimum absolute atomic E-state index is 0.0962. The summed E-state index contributed by atoms with van der Waals surface area (Å²) in [6.07, 6.45) is 4.07. The predicted octanol–water partition coefficient (Wildman–Crippen LogP) is 6.08. The van der Waals surface area contributed by atoms with Crippen LogP contribution in [0.1, 0.15) is 45.1 Å². The van der Waals surface area contributed by atoms with Crippen molar-refractivity contribution in [3.63, 3.8) is 0 Å². The van der Waals surface area contributed by atoms with E-state index in [9.17, 15) is 4.79 Å². The number of hydrogen-bond acceptors (Lipinski definition) is 2. The number of benzene rings is 3. The van der Waals surface area contributed by atoms with Crippen LogP contribution in [0.15, 0.2) is 66.7 Å². The quantitative estimate of drug-likeness (QED) is 0.589. The van der Waals surface area contributed by atoms with Gasteiger partial charge in [0.05, 0.1) is 11.5 Å². The molecule has 0 aromatic heterocycles. The van der Waals surface area contributed by atoms with Gasteiger partial charge in [0.2, 0.25) is 5.91 Å². The second-order valence-corrected chi connectivity index (χ2v) is 7.93. The van der Waals surface area contributed by atoms with Gasteiger partial charge < -0.3 is 10.1 Å². The standard InChI is InChI=1S/C25H27NO2/c1-18(2)28-23-15-14-22(20-12-6-7-13-21(20)23)26-24(27)25(16-8-9-17-25)19-10-4-3-5-11-19/h3-7,10-15,18H,8-9,16-17H2,1-2H3,(H,26,27). The summed E-state index contributed by atoms with van der Waals surface area (Å²) in [4.78, 5) is 13.5. The van der Waals surface area contributed by atoms with Gasteiger partial charge >= 0.3 is 0 Å². The molecular formula is C25H27NO2. The van der Waals surface area contributed by atoms with Crippen LogP contribution in [0, 0.1) is 0 Å². The normalized spacial score (nSPS) is 15.7. The molecule has 3 nitrogen and oxygen atoms in total. The van der Waals surface area contributed by atoms with Crippen LogP contribution in [0.2, 0.25) is 0 Å². The Hall–Kier alpha value is -2.81. The number of anilines is 1. The van der Waals surface area contributed by atoms with Crippen molar-refractivity contribution in [2.45, 2.75) is 51.0 Å². The minimum Gasteiger partial charge on any atom is -0.490 e. The number of hydrogen-bond donors (Lipinski definition) is 1. The molecule has 0 bridgehead atoms. The van der Waals surface area contributed by atoms with E-state index in [1.54, 1.807) is 0 Å². The highest BCUT2D eigenvalue weighted by molar-refractivity contribution is 6.07. The number of ether oxygens (including phenoxy) is 1. The van der Waals surface area contributed by atoms with E-state index in [1.165, 1.54) is 0 Å². The van der Waals surface area contributed by atoms with Crippen LogP contribution in [0.5, 0.6) is 5.75 Å². The summed E-state index contributed by atoms with van der Waals surface area (Å²) < 4.78 is 5.96. The average Bonchev–Trinajstić information content (AvgIpc) is 3.21. The topological polar surface area (TPSA) is 38.3 Å². The lowest BCUT2D eigenvalue weighted by Gasteiger charge is -2.28. The van der Waals surface area contributed by atoms with Gasteiger partial charge in [-0.3, -0.25) is 4.79 Å². The van der Waals surface area contributed by atoms with Gasteiger partial charge in [-0.25, -0.2) is 0 Å². The average molecular weight is 373 g/mol. The molecule has 4 rings (SSSR count). The van der Waals surface area contributed by atoms with Gasteiger partial charge in [0, 0.05) is 16.5 Å². The van der Waals surface area contributed by atoms with E-state index in [4.69, 9.17) is 4.74 Å². The van der Waals surface area contributed by atoms with Gasteiger partial charge in [-0.05, 0) is 44.4 Å². The van der Waals surface area contributed by atoms with Crippen molar-refractivity contribution in [3.05, 3.63) is 72.3 Å². The summed E-state index contributed by atoms with van der Waals surface area (Å²) in [6, 6.07) is 22.2. The number of fused-ring (bicyclic) bond motifs is 1. The number of carbonyl (C=O) groups is 1. The first kappa shape index (κ1) is 18.5. The van der Waals surface area contributed by atoms with Crippen LogP contribution in [0.25, 0.3) is 10.8 Å². The Morgan fingerprint density at radius 1 is 0.893 bits per heavy atom. The molecule has 0 saturated heterocycles. The summed E-state index contributed by atoms with van der Waals surface area (Å²) in [5.41, 5.74) is 1.53. The van der Waals surface area contributed by atoms with Gasteiger partial charge in [0.1, 0.15) is 5.75 Å². The SMILES string of the molecule is CC(C)Oc1ccc(NC(=O)C2(c3ccccc3)CCCC2)c2ccccc12. The molecule has 1 N–H and O–H groups in total. The Morgan fingerprint density at radius 3 is 2.21 bits per heavy atom. The van der Waals surface area contributed by atoms with Crippen LogP contribution in [-0.4, -0.2) is 12.0 Å². The number of nitrogens with one attached hydrogen (secondary N) is 1. The van der Waals surface area contributed by atoms with E-state index in [0.717, 1.165) is 53.5 Å². The molecular weight excluding hydrogens is 346 g/mol. The zero-order chi connectivity index (χ0) is 19.6. The molecule has 0 unspecified atom stereocenters. The van der Waals surface area contributed by atoms with E-state index in [2.05, 4.69) is 17.4 Å². The van der Waals surface area contributed by atoms with Crippen molar-refractivity contribution >= 4 is 22.4 Å². The fourth-order valence-electron chi connectivity index (χ4n) is 4.36. The fraction of sp³-hybridized carbons (Fsp3) is 0.320. The van der Waals surface area contributed by atoms with Gasteiger partial charge in [-0.1, -0.05) is 67.4 Å². The Bertz CT molecular complexity index is 972. The Labute approximate surface area is 166 Å². The maximum absolute atomic E-state index is 13.5. The lowest BCUT2D eigenvalue weighted by Crippen LogP contribution is -2.38.